The molecule has 1 amide bonds. The van der Waals surface area contributed by atoms with E-state index in [2.05, 4.69) is 34.3 Å². The van der Waals surface area contributed by atoms with Gasteiger partial charge in [-0.2, -0.15) is 5.26 Å². The molecule has 1 saturated carbocycles. The van der Waals surface area contributed by atoms with Crippen LogP contribution in [-0.2, 0) is 5.41 Å². The highest BCUT2D eigenvalue weighted by Crippen LogP contribution is 2.48. The molecule has 6 heteroatoms. The van der Waals surface area contributed by atoms with Crippen molar-refractivity contribution < 1.29 is 4.79 Å². The van der Waals surface area contributed by atoms with E-state index < -0.39 is 0 Å². The van der Waals surface area contributed by atoms with Gasteiger partial charge in [-0.1, -0.05) is 30.7 Å². The molecule has 5 rings (SSSR count). The number of anilines is 1. The van der Waals surface area contributed by atoms with Crippen LogP contribution in [0.3, 0.4) is 0 Å². The highest BCUT2D eigenvalue weighted by Gasteiger charge is 2.43. The number of benzene rings is 2. The molecule has 0 aliphatic heterocycles. The summed E-state index contributed by atoms with van der Waals surface area (Å²) in [6.45, 7) is 2.08. The summed E-state index contributed by atoms with van der Waals surface area (Å²) in [5, 5.41) is 11.8. The van der Waals surface area contributed by atoms with Crippen molar-refractivity contribution in [3.8, 4) is 6.07 Å². The van der Waals surface area contributed by atoms with Crippen LogP contribution in [0.4, 0.5) is 5.82 Å². The summed E-state index contributed by atoms with van der Waals surface area (Å²) < 4.78 is 0. The van der Waals surface area contributed by atoms with E-state index in [1.54, 1.807) is 24.3 Å². The first-order chi connectivity index (χ1) is 15.1. The largest absolute Gasteiger partial charge is 0.341 e. The van der Waals surface area contributed by atoms with E-state index in [-0.39, 0.29) is 11.3 Å². The lowest BCUT2D eigenvalue weighted by atomic mass is 9.64. The van der Waals surface area contributed by atoms with Crippen LogP contribution in [0.1, 0.15) is 52.1 Å². The van der Waals surface area contributed by atoms with Crippen molar-refractivity contribution in [1.29, 1.82) is 5.26 Å². The Kier molecular flexibility index (Phi) is 4.52. The second kappa shape index (κ2) is 7.37. The van der Waals surface area contributed by atoms with Crippen molar-refractivity contribution in [2.24, 2.45) is 0 Å². The molecule has 0 radical (unpaired) electrons. The third-order valence-corrected chi connectivity index (χ3v) is 6.19. The quantitative estimate of drug-likeness (QED) is 0.505. The predicted octanol–water partition coefficient (Wildman–Crippen LogP) is 4.86. The van der Waals surface area contributed by atoms with Crippen LogP contribution in [0, 0.1) is 18.3 Å². The molecule has 0 bridgehead atoms. The number of pyridine rings is 1. The van der Waals surface area contributed by atoms with Crippen molar-refractivity contribution in [3.05, 3.63) is 88.9 Å². The number of aryl methyl sites for hydroxylation is 1. The van der Waals surface area contributed by atoms with Gasteiger partial charge in [-0.3, -0.25) is 4.79 Å². The van der Waals surface area contributed by atoms with Gasteiger partial charge in [-0.15, -0.1) is 0 Å². The van der Waals surface area contributed by atoms with Crippen molar-refractivity contribution in [3.63, 3.8) is 0 Å². The number of carbonyl (C=O) groups is 1. The van der Waals surface area contributed by atoms with Gasteiger partial charge in [-0.05, 0) is 61.2 Å². The summed E-state index contributed by atoms with van der Waals surface area (Å²) >= 11 is 0. The number of carbonyl (C=O) groups excluding carboxylic acids is 1. The van der Waals surface area contributed by atoms with Crippen LogP contribution in [0.15, 0.2) is 60.8 Å². The molecule has 2 aromatic heterocycles. The molecule has 2 N–H and O–H groups in total. The average Bonchev–Trinajstić information content (AvgIpc) is 3.20. The van der Waals surface area contributed by atoms with Crippen molar-refractivity contribution >= 4 is 22.8 Å². The molecule has 0 unspecified atom stereocenters. The second-order valence-electron chi connectivity index (χ2n) is 8.07. The van der Waals surface area contributed by atoms with E-state index in [9.17, 15) is 4.79 Å². The van der Waals surface area contributed by atoms with E-state index in [0.717, 1.165) is 47.2 Å². The zero-order chi connectivity index (χ0) is 21.4. The van der Waals surface area contributed by atoms with E-state index >= 15 is 0 Å². The molecule has 0 spiro atoms. The molecule has 31 heavy (non-hydrogen) atoms. The third kappa shape index (κ3) is 3.24. The number of H-pyrrole nitrogens is 1. The number of amides is 1. The molecule has 152 valence electrons. The first-order valence-corrected chi connectivity index (χ1v) is 10.3. The van der Waals surface area contributed by atoms with Gasteiger partial charge in [0.25, 0.3) is 5.91 Å². The van der Waals surface area contributed by atoms with Gasteiger partial charge in [0.05, 0.1) is 28.1 Å². The Bertz CT molecular complexity index is 1330. The third-order valence-electron chi connectivity index (χ3n) is 6.19. The molecule has 0 atom stereocenters. The van der Waals surface area contributed by atoms with Crippen molar-refractivity contribution in [2.75, 3.05) is 5.32 Å². The number of hydrogen-bond acceptors (Lipinski definition) is 4. The molecule has 1 fully saturated rings. The predicted molar refractivity (Wildman–Crippen MR) is 119 cm³/mol. The monoisotopic (exact) mass is 407 g/mol. The SMILES string of the molecule is Cc1cccc2[nH]c(C3(c4ccc(NC(=O)c5cccc(C#N)c5)nc4)CCC3)nc12. The van der Waals surface area contributed by atoms with Crippen molar-refractivity contribution in [1.82, 2.24) is 15.0 Å². The lowest BCUT2D eigenvalue weighted by Crippen LogP contribution is -2.36. The summed E-state index contributed by atoms with van der Waals surface area (Å²) in [5.74, 6) is 1.17. The number of aromatic nitrogens is 3. The summed E-state index contributed by atoms with van der Waals surface area (Å²) in [4.78, 5) is 25.5. The number of fused-ring (bicyclic) bond motifs is 1. The first-order valence-electron chi connectivity index (χ1n) is 10.3. The minimum Gasteiger partial charge on any atom is -0.341 e. The Morgan fingerprint density at radius 1 is 1.16 bits per heavy atom. The van der Waals surface area contributed by atoms with E-state index in [1.807, 2.05) is 30.5 Å². The smallest absolute Gasteiger partial charge is 0.256 e. The second-order valence-corrected chi connectivity index (χ2v) is 8.07. The van der Waals surface area contributed by atoms with E-state index in [0.29, 0.717) is 16.9 Å². The van der Waals surface area contributed by atoms with Gasteiger partial charge in [-0.25, -0.2) is 9.97 Å². The number of aromatic amines is 1. The molecule has 0 saturated heterocycles. The van der Waals surface area contributed by atoms with Gasteiger partial charge in [0, 0.05) is 11.8 Å². The maximum absolute atomic E-state index is 12.5. The fraction of sp³-hybridized carbons (Fsp3) is 0.200. The van der Waals surface area contributed by atoms with Gasteiger partial charge in [0.1, 0.15) is 11.6 Å². The number of rotatable bonds is 4. The summed E-state index contributed by atoms with van der Waals surface area (Å²) in [7, 11) is 0. The lowest BCUT2D eigenvalue weighted by Gasteiger charge is -2.40. The molecular weight excluding hydrogens is 386 g/mol. The topological polar surface area (TPSA) is 94.5 Å². The van der Waals surface area contributed by atoms with Gasteiger partial charge >= 0.3 is 0 Å². The molecule has 1 aliphatic rings. The van der Waals surface area contributed by atoms with Crippen LogP contribution < -0.4 is 5.32 Å². The van der Waals surface area contributed by atoms with E-state index in [4.69, 9.17) is 10.2 Å². The fourth-order valence-electron chi connectivity index (χ4n) is 4.26. The van der Waals surface area contributed by atoms with Gasteiger partial charge in [0.2, 0.25) is 0 Å². The minimum atomic E-state index is -0.288. The Labute approximate surface area is 180 Å². The Morgan fingerprint density at radius 2 is 2.00 bits per heavy atom. The number of nitrogens with one attached hydrogen (secondary N) is 2. The molecule has 2 aromatic carbocycles. The standard InChI is InChI=1S/C25H21N5O/c1-16-5-2-8-20-22(16)30-24(28-20)25(11-4-12-25)19-9-10-21(27-15-19)29-23(31)18-7-3-6-17(13-18)14-26/h2-3,5-10,13,15H,4,11-12H2,1H3,(H,28,30)(H,27,29,31). The Hall–Kier alpha value is -3.98. The average molecular weight is 407 g/mol. The maximum Gasteiger partial charge on any atom is 0.256 e. The number of para-hydroxylation sites is 1. The molecular formula is C25H21N5O. The van der Waals surface area contributed by atoms with Crippen LogP contribution >= 0.6 is 0 Å². The maximum atomic E-state index is 12.5. The molecule has 6 nitrogen and oxygen atoms in total. The minimum absolute atomic E-state index is 0.165. The van der Waals surface area contributed by atoms with Crippen LogP contribution in [0.25, 0.3) is 11.0 Å². The Morgan fingerprint density at radius 3 is 2.68 bits per heavy atom. The van der Waals surface area contributed by atoms with E-state index in [1.165, 1.54) is 0 Å². The van der Waals surface area contributed by atoms with Crippen LogP contribution in [0.5, 0.6) is 0 Å². The highest BCUT2D eigenvalue weighted by atomic mass is 16.1. The van der Waals surface area contributed by atoms with Crippen molar-refractivity contribution in [2.45, 2.75) is 31.6 Å². The zero-order valence-corrected chi connectivity index (χ0v) is 17.1. The normalized spacial score (nSPS) is 14.6. The fourth-order valence-corrected chi connectivity index (χ4v) is 4.26. The molecule has 2 heterocycles. The zero-order valence-electron chi connectivity index (χ0n) is 17.1. The summed E-state index contributed by atoms with van der Waals surface area (Å²) in [6.07, 6.45) is 5.00. The first kappa shape index (κ1) is 19.0. The van der Waals surface area contributed by atoms with Crippen LogP contribution in [-0.4, -0.2) is 20.9 Å². The number of hydrogen-bond donors (Lipinski definition) is 2. The van der Waals surface area contributed by atoms with Crippen LogP contribution in [0.2, 0.25) is 0 Å². The Balaban J connectivity index is 1.41. The summed E-state index contributed by atoms with van der Waals surface area (Å²) in [5.41, 5.74) is 5.04. The number of nitrogens with zero attached hydrogens (tertiary/aromatic N) is 3. The number of nitriles is 1. The van der Waals surface area contributed by atoms with Gasteiger partial charge < -0.3 is 10.3 Å². The lowest BCUT2D eigenvalue weighted by molar-refractivity contribution is 0.102. The molecule has 1 aliphatic carbocycles. The highest BCUT2D eigenvalue weighted by molar-refractivity contribution is 6.03. The van der Waals surface area contributed by atoms with Gasteiger partial charge in [0.15, 0.2) is 0 Å². The number of imidazole rings is 1. The molecule has 4 aromatic rings. The summed E-state index contributed by atoms with van der Waals surface area (Å²) in [6, 6.07) is 18.7.